The van der Waals surface area contributed by atoms with Gasteiger partial charge in [-0.25, -0.2) is 4.98 Å². The van der Waals surface area contributed by atoms with Gasteiger partial charge < -0.3 is 15.5 Å². The number of fused-ring (bicyclic) bond motifs is 1. The predicted octanol–water partition coefficient (Wildman–Crippen LogP) is 3.52. The molecule has 1 amide bonds. The number of pyridine rings is 1. The fourth-order valence-corrected chi connectivity index (χ4v) is 3.51. The minimum atomic E-state index is -0.711. The highest BCUT2D eigenvalue weighted by molar-refractivity contribution is 5.98. The second kappa shape index (κ2) is 6.01. The molecule has 1 aliphatic carbocycles. The van der Waals surface area contributed by atoms with Gasteiger partial charge in [0.2, 0.25) is 5.91 Å². The van der Waals surface area contributed by atoms with Crippen molar-refractivity contribution in [2.75, 3.05) is 5.32 Å². The second-order valence-electron chi connectivity index (χ2n) is 6.94. The Balaban J connectivity index is 1.55. The van der Waals surface area contributed by atoms with Crippen LogP contribution in [0.4, 0.5) is 5.69 Å². The lowest BCUT2D eigenvalue weighted by Gasteiger charge is -2.22. The quantitative estimate of drug-likeness (QED) is 0.770. The number of carbonyl (C=O) groups excluding carboxylic acids is 1. The van der Waals surface area contributed by atoms with Crippen molar-refractivity contribution in [3.05, 3.63) is 54.4 Å². The Hall–Kier alpha value is -2.66. The van der Waals surface area contributed by atoms with Crippen LogP contribution in [0.5, 0.6) is 0 Å². The van der Waals surface area contributed by atoms with Gasteiger partial charge in [0.1, 0.15) is 5.65 Å². The molecule has 4 rings (SSSR count). The molecule has 5 nitrogen and oxygen atoms in total. The van der Waals surface area contributed by atoms with Crippen LogP contribution in [0.2, 0.25) is 0 Å². The van der Waals surface area contributed by atoms with Crippen LogP contribution < -0.4 is 11.1 Å². The van der Waals surface area contributed by atoms with Crippen LogP contribution >= 0.6 is 0 Å². The number of rotatable bonds is 3. The SMILES string of the molecule is Cc1cccn2cc(-c3ccc(NC(=O)C4(N)CCCC4)cc3)nc12. The van der Waals surface area contributed by atoms with Gasteiger partial charge in [-0.15, -0.1) is 0 Å². The number of carbonyl (C=O) groups is 1. The minimum absolute atomic E-state index is 0.0823. The molecule has 0 bridgehead atoms. The normalized spacial score (nSPS) is 16.2. The van der Waals surface area contributed by atoms with Gasteiger partial charge in [-0.05, 0) is 43.5 Å². The average Bonchev–Trinajstić information content (AvgIpc) is 3.24. The zero-order valence-electron chi connectivity index (χ0n) is 14.3. The number of benzene rings is 1. The smallest absolute Gasteiger partial charge is 0.244 e. The van der Waals surface area contributed by atoms with Gasteiger partial charge in [0.05, 0.1) is 11.2 Å². The first kappa shape index (κ1) is 15.8. The maximum Gasteiger partial charge on any atom is 0.244 e. The second-order valence-corrected chi connectivity index (χ2v) is 6.94. The molecule has 3 aromatic rings. The number of hydrogen-bond donors (Lipinski definition) is 2. The van der Waals surface area contributed by atoms with E-state index in [0.29, 0.717) is 0 Å². The lowest BCUT2D eigenvalue weighted by atomic mass is 9.98. The van der Waals surface area contributed by atoms with Crippen LogP contribution in [0.1, 0.15) is 31.2 Å². The first-order chi connectivity index (χ1) is 12.0. The number of anilines is 1. The molecule has 1 aromatic carbocycles. The molecule has 0 spiro atoms. The zero-order valence-corrected chi connectivity index (χ0v) is 14.3. The van der Waals surface area contributed by atoms with E-state index >= 15 is 0 Å². The van der Waals surface area contributed by atoms with E-state index in [0.717, 1.165) is 53.8 Å². The Kier molecular flexibility index (Phi) is 3.81. The van der Waals surface area contributed by atoms with E-state index in [2.05, 4.69) is 18.3 Å². The topological polar surface area (TPSA) is 72.4 Å². The molecule has 25 heavy (non-hydrogen) atoms. The van der Waals surface area contributed by atoms with Crippen molar-refractivity contribution in [3.8, 4) is 11.3 Å². The number of imidazole rings is 1. The summed E-state index contributed by atoms with van der Waals surface area (Å²) >= 11 is 0. The van der Waals surface area contributed by atoms with E-state index in [1.807, 2.05) is 47.1 Å². The Morgan fingerprint density at radius 1 is 1.20 bits per heavy atom. The molecule has 1 fully saturated rings. The van der Waals surface area contributed by atoms with E-state index in [4.69, 9.17) is 10.7 Å². The Morgan fingerprint density at radius 2 is 1.92 bits per heavy atom. The molecule has 128 valence electrons. The molecule has 1 saturated carbocycles. The molecular formula is C20H22N4O. The van der Waals surface area contributed by atoms with E-state index in [1.165, 1.54) is 0 Å². The van der Waals surface area contributed by atoms with E-state index in [-0.39, 0.29) is 5.91 Å². The van der Waals surface area contributed by atoms with Crippen LogP contribution in [-0.4, -0.2) is 20.8 Å². The summed E-state index contributed by atoms with van der Waals surface area (Å²) in [6.07, 6.45) is 7.58. The molecule has 0 atom stereocenters. The van der Waals surface area contributed by atoms with Gasteiger partial charge in [-0.1, -0.05) is 31.0 Å². The fraction of sp³-hybridized carbons (Fsp3) is 0.300. The largest absolute Gasteiger partial charge is 0.324 e. The predicted molar refractivity (Wildman–Crippen MR) is 99.4 cm³/mol. The van der Waals surface area contributed by atoms with Crippen molar-refractivity contribution >= 4 is 17.2 Å². The third-order valence-electron chi connectivity index (χ3n) is 5.06. The molecule has 0 aliphatic heterocycles. The van der Waals surface area contributed by atoms with Crippen molar-refractivity contribution in [2.45, 2.75) is 38.1 Å². The van der Waals surface area contributed by atoms with Gasteiger partial charge >= 0.3 is 0 Å². The third-order valence-corrected chi connectivity index (χ3v) is 5.06. The summed E-state index contributed by atoms with van der Waals surface area (Å²) in [5, 5.41) is 2.95. The molecule has 3 N–H and O–H groups in total. The van der Waals surface area contributed by atoms with Crippen molar-refractivity contribution < 1.29 is 4.79 Å². The molecule has 0 radical (unpaired) electrons. The van der Waals surface area contributed by atoms with E-state index in [1.54, 1.807) is 0 Å². The number of nitrogens with two attached hydrogens (primary N) is 1. The highest BCUT2D eigenvalue weighted by atomic mass is 16.2. The molecule has 1 aliphatic rings. The lowest BCUT2D eigenvalue weighted by molar-refractivity contribution is -0.121. The summed E-state index contributed by atoms with van der Waals surface area (Å²) in [5.74, 6) is -0.0823. The van der Waals surface area contributed by atoms with Crippen LogP contribution in [0, 0.1) is 6.92 Å². The molecule has 5 heteroatoms. The number of nitrogens with one attached hydrogen (secondary N) is 1. The lowest BCUT2D eigenvalue weighted by Crippen LogP contribution is -2.48. The van der Waals surface area contributed by atoms with Crippen LogP contribution in [0.3, 0.4) is 0 Å². The molecule has 0 saturated heterocycles. The summed E-state index contributed by atoms with van der Waals surface area (Å²) in [5.41, 5.74) is 10.3. The minimum Gasteiger partial charge on any atom is -0.324 e. The van der Waals surface area contributed by atoms with Crippen molar-refractivity contribution in [1.82, 2.24) is 9.38 Å². The number of aryl methyl sites for hydroxylation is 1. The first-order valence-electron chi connectivity index (χ1n) is 8.70. The van der Waals surface area contributed by atoms with Gasteiger partial charge in [0.15, 0.2) is 0 Å². The Morgan fingerprint density at radius 3 is 2.60 bits per heavy atom. The van der Waals surface area contributed by atoms with Crippen molar-refractivity contribution in [1.29, 1.82) is 0 Å². The molecular weight excluding hydrogens is 312 g/mol. The van der Waals surface area contributed by atoms with E-state index < -0.39 is 5.54 Å². The molecule has 0 unspecified atom stereocenters. The highest BCUT2D eigenvalue weighted by Gasteiger charge is 2.36. The Bertz CT molecular complexity index is 921. The number of aromatic nitrogens is 2. The van der Waals surface area contributed by atoms with Gasteiger partial charge in [0, 0.05) is 23.6 Å². The van der Waals surface area contributed by atoms with Crippen LogP contribution in [-0.2, 0) is 4.79 Å². The first-order valence-corrected chi connectivity index (χ1v) is 8.70. The maximum absolute atomic E-state index is 12.4. The summed E-state index contributed by atoms with van der Waals surface area (Å²) < 4.78 is 2.03. The van der Waals surface area contributed by atoms with Gasteiger partial charge in [0.25, 0.3) is 0 Å². The maximum atomic E-state index is 12.4. The average molecular weight is 334 g/mol. The van der Waals surface area contributed by atoms with Crippen molar-refractivity contribution in [2.24, 2.45) is 5.73 Å². The van der Waals surface area contributed by atoms with Crippen LogP contribution in [0.15, 0.2) is 48.8 Å². The van der Waals surface area contributed by atoms with Gasteiger partial charge in [-0.3, -0.25) is 4.79 Å². The third kappa shape index (κ3) is 2.91. The summed E-state index contributed by atoms with van der Waals surface area (Å²) in [6.45, 7) is 2.05. The summed E-state index contributed by atoms with van der Waals surface area (Å²) in [4.78, 5) is 17.1. The Labute approximate surface area is 146 Å². The van der Waals surface area contributed by atoms with Crippen LogP contribution in [0.25, 0.3) is 16.9 Å². The standard InChI is InChI=1S/C20H22N4O/c1-14-5-4-12-24-13-17(23-18(14)24)15-6-8-16(9-7-15)22-19(25)20(21)10-2-3-11-20/h4-9,12-13H,2-3,10-11,21H2,1H3,(H,22,25). The highest BCUT2D eigenvalue weighted by Crippen LogP contribution is 2.29. The fourth-order valence-electron chi connectivity index (χ4n) is 3.51. The summed E-state index contributed by atoms with van der Waals surface area (Å²) in [7, 11) is 0. The molecule has 2 heterocycles. The molecule has 2 aromatic heterocycles. The number of nitrogens with zero attached hydrogens (tertiary/aromatic N) is 2. The monoisotopic (exact) mass is 334 g/mol. The van der Waals surface area contributed by atoms with Crippen molar-refractivity contribution in [3.63, 3.8) is 0 Å². The van der Waals surface area contributed by atoms with E-state index in [9.17, 15) is 4.79 Å². The van der Waals surface area contributed by atoms with Gasteiger partial charge in [-0.2, -0.15) is 0 Å². The zero-order chi connectivity index (χ0) is 17.4. The number of hydrogen-bond acceptors (Lipinski definition) is 3. The number of amides is 1. The summed E-state index contributed by atoms with van der Waals surface area (Å²) in [6, 6.07) is 11.8.